The van der Waals surface area contributed by atoms with Gasteiger partial charge in [0, 0.05) is 12.1 Å². The monoisotopic (exact) mass is 234 g/mol. The van der Waals surface area contributed by atoms with E-state index < -0.39 is 16.9 Å². The highest BCUT2D eigenvalue weighted by Crippen LogP contribution is 2.14. The van der Waals surface area contributed by atoms with Crippen molar-refractivity contribution in [1.82, 2.24) is 0 Å². The van der Waals surface area contributed by atoms with Crippen molar-refractivity contribution in [3.63, 3.8) is 0 Å². The normalized spacial score (nSPS) is 11.3. The predicted molar refractivity (Wildman–Crippen MR) is 59.2 cm³/mol. The van der Waals surface area contributed by atoms with E-state index in [1.54, 1.807) is 0 Å². The molecule has 0 aromatic heterocycles. The van der Waals surface area contributed by atoms with Gasteiger partial charge in [-0.3, -0.25) is 10.1 Å². The zero-order valence-electron chi connectivity index (χ0n) is 9.12. The molecule has 0 saturated carbocycles. The van der Waals surface area contributed by atoms with Gasteiger partial charge >= 0.3 is 12.0 Å². The second-order valence-electron chi connectivity index (χ2n) is 3.30. The van der Waals surface area contributed by atoms with Crippen LogP contribution in [0.15, 0.2) is 24.3 Å². The fourth-order valence-corrected chi connectivity index (χ4v) is 1.29. The lowest BCUT2D eigenvalue weighted by Crippen LogP contribution is -2.20. The Balaban J connectivity index is 2.78. The maximum atomic E-state index is 11.2. The Kier molecular flexibility index (Phi) is 4.17. The van der Waals surface area contributed by atoms with Crippen molar-refractivity contribution >= 4 is 11.7 Å². The van der Waals surface area contributed by atoms with Crippen LogP contribution < -0.4 is 0 Å². The number of carbonyl (C=O) groups is 1. The van der Waals surface area contributed by atoms with Crippen LogP contribution in [0.1, 0.15) is 5.56 Å². The van der Waals surface area contributed by atoms with E-state index >= 15 is 0 Å². The number of esters is 1. The van der Waals surface area contributed by atoms with E-state index in [0.717, 1.165) is 0 Å². The van der Waals surface area contributed by atoms with Gasteiger partial charge in [-0.15, -0.1) is 0 Å². The molecule has 6 nitrogen and oxygen atoms in total. The van der Waals surface area contributed by atoms with E-state index in [-0.39, 0.29) is 12.1 Å². The molecule has 0 amide bonds. The highest BCUT2D eigenvalue weighted by molar-refractivity contribution is 5.77. The summed E-state index contributed by atoms with van der Waals surface area (Å²) in [5.74, 6) is -0.599. The van der Waals surface area contributed by atoms with Crippen molar-refractivity contribution in [2.24, 2.45) is 0 Å². The first-order valence-electron chi connectivity index (χ1n) is 4.76. The minimum atomic E-state index is -0.901. The molecular weight excluding hydrogens is 224 g/mol. The van der Waals surface area contributed by atoms with Gasteiger partial charge in [-0.2, -0.15) is 0 Å². The van der Waals surface area contributed by atoms with Crippen molar-refractivity contribution in [3.05, 3.63) is 51.4 Å². The molecule has 17 heavy (non-hydrogen) atoms. The number of methoxy groups -OCH3 is 1. The summed E-state index contributed by atoms with van der Waals surface area (Å²) in [6.45, 7) is 6.87. The quantitative estimate of drug-likeness (QED) is 0.343. The lowest BCUT2D eigenvalue weighted by atomic mass is 10.1. The van der Waals surface area contributed by atoms with Crippen LogP contribution in [0.4, 0.5) is 5.69 Å². The third-order valence-electron chi connectivity index (χ3n) is 2.21. The first-order chi connectivity index (χ1) is 8.08. The van der Waals surface area contributed by atoms with Crippen LogP contribution >= 0.6 is 0 Å². The Hall–Kier alpha value is -2.42. The van der Waals surface area contributed by atoms with Gasteiger partial charge in [-0.05, 0) is 5.56 Å². The standard InChI is InChI=1S/C11H10N2O4/c1-12-10(11(14)17-2)7-8-3-5-9(6-4-8)13(15)16/h3-6,10H,7H2,2H3/t10-/m0/s1. The van der Waals surface area contributed by atoms with Crippen molar-refractivity contribution < 1.29 is 14.5 Å². The Labute approximate surface area is 97.8 Å². The maximum Gasteiger partial charge on any atom is 0.390 e. The molecular formula is C11H10N2O4. The molecule has 1 atom stereocenters. The molecule has 0 fully saturated rings. The first-order valence-corrected chi connectivity index (χ1v) is 4.76. The van der Waals surface area contributed by atoms with Gasteiger partial charge in [0.1, 0.15) is 0 Å². The van der Waals surface area contributed by atoms with Gasteiger partial charge in [0.2, 0.25) is 0 Å². The van der Waals surface area contributed by atoms with E-state index in [1.165, 1.54) is 31.4 Å². The number of rotatable bonds is 4. The summed E-state index contributed by atoms with van der Waals surface area (Å²) in [5, 5.41) is 10.4. The number of nitrogens with zero attached hydrogens (tertiary/aromatic N) is 2. The van der Waals surface area contributed by atoms with Crippen molar-refractivity contribution in [1.29, 1.82) is 0 Å². The largest absolute Gasteiger partial charge is 0.463 e. The summed E-state index contributed by atoms with van der Waals surface area (Å²) in [6.07, 6.45) is 0.189. The highest BCUT2D eigenvalue weighted by Gasteiger charge is 2.24. The third-order valence-corrected chi connectivity index (χ3v) is 2.21. The molecule has 0 unspecified atom stereocenters. The van der Waals surface area contributed by atoms with Gasteiger partial charge in [0.25, 0.3) is 5.69 Å². The van der Waals surface area contributed by atoms with Crippen LogP contribution in [0.3, 0.4) is 0 Å². The number of ether oxygens (including phenoxy) is 1. The summed E-state index contributed by atoms with van der Waals surface area (Å²) in [6, 6.07) is 4.83. The summed E-state index contributed by atoms with van der Waals surface area (Å²) < 4.78 is 4.48. The number of non-ortho nitro benzene ring substituents is 1. The Bertz CT molecular complexity index is 461. The SMILES string of the molecule is [C-]#[N+][C@@H](Cc1ccc([N+](=O)[O-])cc1)C(=O)OC. The summed E-state index contributed by atoms with van der Waals surface area (Å²) in [7, 11) is 1.22. The van der Waals surface area contributed by atoms with Crippen LogP contribution in [0, 0.1) is 16.7 Å². The zero-order chi connectivity index (χ0) is 12.8. The summed E-state index contributed by atoms with van der Waals surface area (Å²) in [4.78, 5) is 24.3. The average molecular weight is 234 g/mol. The molecule has 6 heteroatoms. The minimum absolute atomic E-state index is 0.0221. The smallest absolute Gasteiger partial charge is 0.390 e. The molecule has 88 valence electrons. The van der Waals surface area contributed by atoms with Crippen LogP contribution in [-0.4, -0.2) is 24.0 Å². The second kappa shape index (κ2) is 5.61. The Morgan fingerprint density at radius 2 is 2.12 bits per heavy atom. The number of benzene rings is 1. The fraction of sp³-hybridized carbons (Fsp3) is 0.273. The van der Waals surface area contributed by atoms with E-state index in [9.17, 15) is 14.9 Å². The molecule has 0 aliphatic rings. The molecule has 0 saturated heterocycles. The topological polar surface area (TPSA) is 73.8 Å². The van der Waals surface area contributed by atoms with Crippen LogP contribution in [0.2, 0.25) is 0 Å². The van der Waals surface area contributed by atoms with Gasteiger partial charge in [0.05, 0.1) is 18.5 Å². The van der Waals surface area contributed by atoms with E-state index in [0.29, 0.717) is 5.56 Å². The predicted octanol–water partition coefficient (Wildman–Crippen LogP) is 1.60. The molecule has 1 aromatic rings. The number of hydrogen-bond acceptors (Lipinski definition) is 4. The Morgan fingerprint density at radius 1 is 1.53 bits per heavy atom. The van der Waals surface area contributed by atoms with Gasteiger partial charge in [0.15, 0.2) is 0 Å². The van der Waals surface area contributed by atoms with Crippen LogP contribution in [0.25, 0.3) is 4.85 Å². The van der Waals surface area contributed by atoms with Crippen molar-refractivity contribution in [2.45, 2.75) is 12.5 Å². The molecule has 0 heterocycles. The zero-order valence-corrected chi connectivity index (χ0v) is 9.12. The minimum Gasteiger partial charge on any atom is -0.463 e. The molecule has 0 aliphatic heterocycles. The van der Waals surface area contributed by atoms with Crippen molar-refractivity contribution in [2.75, 3.05) is 7.11 Å². The van der Waals surface area contributed by atoms with Gasteiger partial charge in [-0.25, -0.2) is 11.4 Å². The molecule has 0 aliphatic carbocycles. The maximum absolute atomic E-state index is 11.2. The number of nitro groups is 1. The molecule has 1 rings (SSSR count). The second-order valence-corrected chi connectivity index (χ2v) is 3.30. The summed E-state index contributed by atoms with van der Waals surface area (Å²) >= 11 is 0. The van der Waals surface area contributed by atoms with Crippen LogP contribution in [0.5, 0.6) is 0 Å². The highest BCUT2D eigenvalue weighted by atomic mass is 16.6. The Morgan fingerprint density at radius 3 is 2.53 bits per heavy atom. The van der Waals surface area contributed by atoms with E-state index in [2.05, 4.69) is 9.58 Å². The number of carbonyl (C=O) groups excluding carboxylic acids is 1. The molecule has 0 spiro atoms. The van der Waals surface area contributed by atoms with Gasteiger partial charge < -0.3 is 9.58 Å². The number of hydrogen-bond donors (Lipinski definition) is 0. The average Bonchev–Trinajstić information content (AvgIpc) is 2.35. The molecule has 0 N–H and O–H groups in total. The van der Waals surface area contributed by atoms with Crippen LogP contribution in [-0.2, 0) is 16.0 Å². The third kappa shape index (κ3) is 3.28. The first kappa shape index (κ1) is 12.6. The lowest BCUT2D eigenvalue weighted by molar-refractivity contribution is -0.384. The lowest BCUT2D eigenvalue weighted by Gasteiger charge is -2.03. The number of nitro benzene ring substituents is 1. The molecule has 0 radical (unpaired) electrons. The fourth-order valence-electron chi connectivity index (χ4n) is 1.29. The van der Waals surface area contributed by atoms with E-state index in [4.69, 9.17) is 6.57 Å². The van der Waals surface area contributed by atoms with Gasteiger partial charge in [-0.1, -0.05) is 12.1 Å². The summed E-state index contributed by atoms with van der Waals surface area (Å²) in [5.41, 5.74) is 0.660. The van der Waals surface area contributed by atoms with E-state index in [1.807, 2.05) is 0 Å². The van der Waals surface area contributed by atoms with Crippen molar-refractivity contribution in [3.8, 4) is 0 Å². The molecule has 0 bridgehead atoms. The molecule has 1 aromatic carbocycles.